The van der Waals surface area contributed by atoms with Gasteiger partial charge in [0, 0.05) is 16.7 Å². The summed E-state index contributed by atoms with van der Waals surface area (Å²) in [6.45, 7) is 5.12. The minimum Gasteiger partial charge on any atom is -0.428 e. The minimum absolute atomic E-state index is 0.108. The Kier molecular flexibility index (Phi) is 3.74. The van der Waals surface area contributed by atoms with E-state index in [1.807, 2.05) is 0 Å². The first-order chi connectivity index (χ1) is 7.28. The fourth-order valence-electron chi connectivity index (χ4n) is 0.874. The van der Waals surface area contributed by atoms with Gasteiger partial charge < -0.3 is 14.5 Å². The van der Waals surface area contributed by atoms with Gasteiger partial charge >= 0.3 is 6.16 Å². The lowest BCUT2D eigenvalue weighted by Gasteiger charge is -2.18. The Hall–Kier alpha value is -1.30. The lowest BCUT2D eigenvalue weighted by atomic mass is 10.2. The van der Waals surface area contributed by atoms with Crippen LogP contribution in [0.5, 0.6) is 5.75 Å². The van der Waals surface area contributed by atoms with Crippen LogP contribution >= 0.6 is 15.9 Å². The summed E-state index contributed by atoms with van der Waals surface area (Å²) in [4.78, 5) is 24.9. The first-order valence-corrected chi connectivity index (χ1v) is 5.36. The van der Waals surface area contributed by atoms with E-state index >= 15 is 0 Å². The Balaban J connectivity index is 2.77. The van der Waals surface area contributed by atoms with Crippen LogP contribution in [-0.4, -0.2) is 16.7 Å². The highest BCUT2D eigenvalue weighted by Crippen LogP contribution is 2.14. The van der Waals surface area contributed by atoms with Gasteiger partial charge in [-0.3, -0.25) is 4.79 Å². The lowest BCUT2D eigenvalue weighted by molar-refractivity contribution is 0.0203. The molecule has 6 heteroatoms. The highest BCUT2D eigenvalue weighted by atomic mass is 79.9. The number of carbonyl (C=O) groups excluding carboxylic acids is 1. The number of aromatic amines is 1. The average molecular weight is 290 g/mol. The molecule has 1 aromatic rings. The van der Waals surface area contributed by atoms with E-state index < -0.39 is 17.3 Å². The van der Waals surface area contributed by atoms with E-state index in [0.717, 1.165) is 0 Å². The second-order valence-corrected chi connectivity index (χ2v) is 4.99. The first-order valence-electron chi connectivity index (χ1n) is 4.57. The second-order valence-electron chi connectivity index (χ2n) is 4.08. The van der Waals surface area contributed by atoms with Gasteiger partial charge in [-0.25, -0.2) is 4.79 Å². The minimum atomic E-state index is -0.906. The standard InChI is InChI=1S/C10H12BrNO4/c1-10(2,3)16-9(14)15-7-4-6(11)5-12-8(7)13/h4-5H,1-3H3,(H,12,13). The third-order valence-electron chi connectivity index (χ3n) is 1.42. The number of rotatable bonds is 1. The van der Waals surface area contributed by atoms with Crippen LogP contribution in [0, 0.1) is 0 Å². The van der Waals surface area contributed by atoms with E-state index in [-0.39, 0.29) is 5.75 Å². The zero-order chi connectivity index (χ0) is 12.3. The van der Waals surface area contributed by atoms with Crippen molar-refractivity contribution in [2.45, 2.75) is 26.4 Å². The molecule has 0 unspecified atom stereocenters. The Morgan fingerprint density at radius 2 is 2.06 bits per heavy atom. The Labute approximate surface area is 101 Å². The molecule has 0 saturated carbocycles. The summed E-state index contributed by atoms with van der Waals surface area (Å²) in [6.07, 6.45) is 0.542. The van der Waals surface area contributed by atoms with E-state index in [1.165, 1.54) is 12.3 Å². The number of ether oxygens (including phenoxy) is 2. The van der Waals surface area contributed by atoms with Crippen molar-refractivity contribution in [3.63, 3.8) is 0 Å². The third-order valence-corrected chi connectivity index (χ3v) is 1.87. The Bertz CT molecular complexity index is 447. The molecule has 0 aliphatic heterocycles. The molecular formula is C10H12BrNO4. The van der Waals surface area contributed by atoms with Gasteiger partial charge in [-0.1, -0.05) is 0 Å². The normalized spacial score (nSPS) is 11.0. The van der Waals surface area contributed by atoms with E-state index in [4.69, 9.17) is 9.47 Å². The number of hydrogen-bond acceptors (Lipinski definition) is 4. The molecule has 0 atom stereocenters. The molecule has 16 heavy (non-hydrogen) atoms. The van der Waals surface area contributed by atoms with Crippen molar-refractivity contribution >= 4 is 22.1 Å². The van der Waals surface area contributed by atoms with Crippen LogP contribution in [0.15, 0.2) is 21.5 Å². The molecule has 0 radical (unpaired) electrons. The molecule has 0 aliphatic rings. The maximum absolute atomic E-state index is 11.3. The van der Waals surface area contributed by atoms with Crippen LogP contribution in [-0.2, 0) is 4.74 Å². The third kappa shape index (κ3) is 4.06. The average Bonchev–Trinajstić information content (AvgIpc) is 2.08. The van der Waals surface area contributed by atoms with Crippen LogP contribution < -0.4 is 10.3 Å². The summed E-state index contributed by atoms with van der Waals surface area (Å²) in [7, 11) is 0. The highest BCUT2D eigenvalue weighted by Gasteiger charge is 2.19. The summed E-state index contributed by atoms with van der Waals surface area (Å²) in [6, 6.07) is 1.39. The van der Waals surface area contributed by atoms with E-state index in [1.54, 1.807) is 20.8 Å². The zero-order valence-corrected chi connectivity index (χ0v) is 10.8. The van der Waals surface area contributed by atoms with Crippen molar-refractivity contribution in [2.75, 3.05) is 0 Å². The summed E-state index contributed by atoms with van der Waals surface area (Å²) in [5.41, 5.74) is -1.15. The van der Waals surface area contributed by atoms with Crippen molar-refractivity contribution in [2.24, 2.45) is 0 Å². The molecule has 1 N–H and O–H groups in total. The SMILES string of the molecule is CC(C)(C)OC(=O)Oc1cc(Br)c[nH]c1=O. The monoisotopic (exact) mass is 289 g/mol. The van der Waals surface area contributed by atoms with Gasteiger partial charge in [0.1, 0.15) is 5.60 Å². The smallest absolute Gasteiger partial charge is 0.428 e. The van der Waals surface area contributed by atoms with Gasteiger partial charge in [-0.15, -0.1) is 0 Å². The van der Waals surface area contributed by atoms with Crippen LogP contribution in [0.1, 0.15) is 20.8 Å². The molecule has 1 aromatic heterocycles. The largest absolute Gasteiger partial charge is 0.514 e. The molecular weight excluding hydrogens is 278 g/mol. The number of H-pyrrole nitrogens is 1. The van der Waals surface area contributed by atoms with E-state index in [0.29, 0.717) is 4.47 Å². The maximum Gasteiger partial charge on any atom is 0.514 e. The number of halogens is 1. The van der Waals surface area contributed by atoms with Crippen LogP contribution in [0.3, 0.4) is 0 Å². The van der Waals surface area contributed by atoms with Crippen molar-refractivity contribution in [3.8, 4) is 5.75 Å². The van der Waals surface area contributed by atoms with Gasteiger partial charge in [-0.05, 0) is 36.7 Å². The number of aromatic nitrogens is 1. The molecule has 0 saturated heterocycles. The molecule has 0 fully saturated rings. The molecule has 0 amide bonds. The van der Waals surface area contributed by atoms with Gasteiger partial charge in [-0.2, -0.15) is 0 Å². The van der Waals surface area contributed by atoms with Crippen LogP contribution in [0.25, 0.3) is 0 Å². The van der Waals surface area contributed by atoms with Gasteiger partial charge in [0.15, 0.2) is 0 Å². The summed E-state index contributed by atoms with van der Waals surface area (Å²) < 4.78 is 10.3. The number of hydrogen-bond donors (Lipinski definition) is 1. The van der Waals surface area contributed by atoms with Crippen molar-refractivity contribution in [1.82, 2.24) is 4.98 Å². The summed E-state index contributed by atoms with van der Waals surface area (Å²) >= 11 is 3.15. The molecule has 5 nitrogen and oxygen atoms in total. The molecule has 0 aliphatic carbocycles. The first kappa shape index (κ1) is 12.8. The molecule has 88 valence electrons. The van der Waals surface area contributed by atoms with Crippen LogP contribution in [0.4, 0.5) is 4.79 Å². The van der Waals surface area contributed by atoms with E-state index in [9.17, 15) is 9.59 Å². The summed E-state index contributed by atoms with van der Waals surface area (Å²) in [5, 5.41) is 0. The Morgan fingerprint density at radius 3 is 2.62 bits per heavy atom. The van der Waals surface area contributed by atoms with Crippen molar-refractivity contribution in [1.29, 1.82) is 0 Å². The van der Waals surface area contributed by atoms with Gasteiger partial charge in [0.05, 0.1) is 0 Å². The summed E-state index contributed by atoms with van der Waals surface area (Å²) in [5.74, 6) is -0.108. The zero-order valence-electron chi connectivity index (χ0n) is 9.17. The van der Waals surface area contributed by atoms with Crippen molar-refractivity contribution in [3.05, 3.63) is 27.1 Å². The number of pyridine rings is 1. The lowest BCUT2D eigenvalue weighted by Crippen LogP contribution is -2.27. The molecule has 0 aromatic carbocycles. The number of carbonyl (C=O) groups is 1. The molecule has 1 heterocycles. The Morgan fingerprint density at radius 1 is 1.44 bits per heavy atom. The maximum atomic E-state index is 11.3. The quantitative estimate of drug-likeness (QED) is 0.807. The van der Waals surface area contributed by atoms with Gasteiger partial charge in [0.2, 0.25) is 5.75 Å². The highest BCUT2D eigenvalue weighted by molar-refractivity contribution is 9.10. The van der Waals surface area contributed by atoms with Crippen molar-refractivity contribution < 1.29 is 14.3 Å². The second kappa shape index (κ2) is 4.69. The predicted molar refractivity (Wildman–Crippen MR) is 61.6 cm³/mol. The molecule has 1 rings (SSSR count). The van der Waals surface area contributed by atoms with Crippen LogP contribution in [0.2, 0.25) is 0 Å². The molecule has 0 bridgehead atoms. The van der Waals surface area contributed by atoms with E-state index in [2.05, 4.69) is 20.9 Å². The topological polar surface area (TPSA) is 68.4 Å². The fraction of sp³-hybridized carbons (Fsp3) is 0.400. The van der Waals surface area contributed by atoms with Gasteiger partial charge in [0.25, 0.3) is 5.56 Å². The number of nitrogens with one attached hydrogen (secondary N) is 1. The molecule has 0 spiro atoms. The predicted octanol–water partition coefficient (Wildman–Crippen LogP) is 2.45. The fourth-order valence-corrected chi connectivity index (χ4v) is 1.20.